The van der Waals surface area contributed by atoms with Crippen LogP contribution in [-0.2, 0) is 9.31 Å². The lowest BCUT2D eigenvalue weighted by Gasteiger charge is -2.32. The number of rotatable bonds is 2. The molecule has 1 saturated heterocycles. The SMILES string of the molecule is CC1(C)OB(c2ccc3sc4cc5nc(-c6ccc7c(c6)C=C[C+]=C7)oc5cc4c3c2)OC1(C)C. The first-order valence-electron chi connectivity index (χ1n) is 11.8. The molecule has 0 N–H and O–H groups in total. The number of thiophene rings is 1. The molecule has 0 saturated carbocycles. The number of aromatic nitrogens is 1. The number of hydrogen-bond donors (Lipinski definition) is 0. The first-order chi connectivity index (χ1) is 16.8. The number of fused-ring (bicyclic) bond motifs is 5. The van der Waals surface area contributed by atoms with Crippen LogP contribution in [0, 0.1) is 6.08 Å². The quantitative estimate of drug-likeness (QED) is 0.203. The number of benzene rings is 3. The third-order valence-electron chi connectivity index (χ3n) is 7.46. The Hall–Kier alpha value is -3.28. The zero-order chi connectivity index (χ0) is 23.9. The molecule has 2 aliphatic rings. The summed E-state index contributed by atoms with van der Waals surface area (Å²) in [6.45, 7) is 8.32. The molecule has 0 radical (unpaired) electrons. The molecule has 2 aromatic heterocycles. The van der Waals surface area contributed by atoms with Gasteiger partial charge < -0.3 is 13.7 Å². The van der Waals surface area contributed by atoms with E-state index in [0.717, 1.165) is 38.6 Å². The highest BCUT2D eigenvalue weighted by Gasteiger charge is 2.51. The molecule has 0 spiro atoms. The molecular weight excluding hydrogens is 453 g/mol. The molecule has 6 heteroatoms. The van der Waals surface area contributed by atoms with Crippen molar-refractivity contribution >= 4 is 67.3 Å². The Morgan fingerprint density at radius 2 is 1.66 bits per heavy atom. The van der Waals surface area contributed by atoms with Crippen LogP contribution in [-0.4, -0.2) is 23.3 Å². The summed E-state index contributed by atoms with van der Waals surface area (Å²) in [5.41, 5.74) is 5.21. The Morgan fingerprint density at radius 1 is 0.857 bits per heavy atom. The van der Waals surface area contributed by atoms with E-state index in [1.165, 1.54) is 14.8 Å². The minimum atomic E-state index is -0.384. The average molecular weight is 476 g/mol. The Labute approximate surface area is 208 Å². The normalized spacial score (nSPS) is 18.0. The van der Waals surface area contributed by atoms with E-state index in [-0.39, 0.29) is 18.3 Å². The summed E-state index contributed by atoms with van der Waals surface area (Å²) in [7, 11) is -0.384. The molecule has 7 rings (SSSR count). The number of nitrogens with zero attached hydrogens (tertiary/aromatic N) is 1. The Bertz CT molecular complexity index is 1710. The van der Waals surface area contributed by atoms with E-state index in [9.17, 15) is 0 Å². The van der Waals surface area contributed by atoms with Crippen LogP contribution in [0.4, 0.5) is 0 Å². The van der Waals surface area contributed by atoms with E-state index in [2.05, 4.69) is 88.4 Å². The summed E-state index contributed by atoms with van der Waals surface area (Å²) in [5, 5.41) is 2.34. The fourth-order valence-corrected chi connectivity index (χ4v) is 5.82. The zero-order valence-corrected chi connectivity index (χ0v) is 20.8. The van der Waals surface area contributed by atoms with Gasteiger partial charge in [-0.3, -0.25) is 0 Å². The molecule has 0 atom stereocenters. The van der Waals surface area contributed by atoms with Gasteiger partial charge in [-0.05, 0) is 63.5 Å². The van der Waals surface area contributed by atoms with Gasteiger partial charge in [0.05, 0.1) is 28.4 Å². The topological polar surface area (TPSA) is 44.5 Å². The first kappa shape index (κ1) is 21.0. The molecule has 0 unspecified atom stereocenters. The fraction of sp³-hybridized carbons (Fsp3) is 0.207. The van der Waals surface area contributed by atoms with Gasteiger partial charge in [-0.2, -0.15) is 0 Å². The lowest BCUT2D eigenvalue weighted by atomic mass is 9.78. The third kappa shape index (κ3) is 3.22. The van der Waals surface area contributed by atoms with Gasteiger partial charge in [-0.25, -0.2) is 4.98 Å². The highest BCUT2D eigenvalue weighted by atomic mass is 32.1. The highest BCUT2D eigenvalue weighted by molar-refractivity contribution is 7.25. The minimum Gasteiger partial charge on any atom is -0.436 e. The second kappa shape index (κ2) is 7.13. The number of hydrogen-bond acceptors (Lipinski definition) is 5. The van der Waals surface area contributed by atoms with Crippen LogP contribution in [0.1, 0.15) is 38.8 Å². The second-order valence-electron chi connectivity index (χ2n) is 10.3. The maximum atomic E-state index is 6.29. The van der Waals surface area contributed by atoms with Gasteiger partial charge in [0, 0.05) is 37.9 Å². The summed E-state index contributed by atoms with van der Waals surface area (Å²) in [6.07, 6.45) is 9.09. The molecule has 35 heavy (non-hydrogen) atoms. The van der Waals surface area contributed by atoms with Crippen molar-refractivity contribution in [2.45, 2.75) is 38.9 Å². The lowest BCUT2D eigenvalue weighted by molar-refractivity contribution is 0.00578. The van der Waals surface area contributed by atoms with Crippen molar-refractivity contribution in [2.24, 2.45) is 0 Å². The van der Waals surface area contributed by atoms with Crippen molar-refractivity contribution in [1.82, 2.24) is 4.98 Å². The van der Waals surface area contributed by atoms with Crippen LogP contribution in [0.25, 0.3) is 54.9 Å². The largest absolute Gasteiger partial charge is 0.494 e. The molecular formula is C29H23BNO3S+. The first-order valence-corrected chi connectivity index (χ1v) is 12.6. The van der Waals surface area contributed by atoms with E-state index in [4.69, 9.17) is 18.7 Å². The van der Waals surface area contributed by atoms with Gasteiger partial charge in [0.15, 0.2) is 5.58 Å². The number of oxazole rings is 1. The van der Waals surface area contributed by atoms with Crippen molar-refractivity contribution in [2.75, 3.05) is 0 Å². The molecule has 3 aromatic carbocycles. The van der Waals surface area contributed by atoms with E-state index in [1.54, 1.807) is 11.3 Å². The van der Waals surface area contributed by atoms with Gasteiger partial charge in [-0.15, -0.1) is 11.3 Å². The summed E-state index contributed by atoms with van der Waals surface area (Å²) in [4.78, 5) is 4.81. The number of allylic oxidation sites excluding steroid dienone is 2. The molecule has 170 valence electrons. The molecule has 1 fully saturated rings. The summed E-state index contributed by atoms with van der Waals surface area (Å²) >= 11 is 1.77. The average Bonchev–Trinajstić information content (AvgIpc) is 3.47. The zero-order valence-electron chi connectivity index (χ0n) is 20.0. The van der Waals surface area contributed by atoms with Crippen LogP contribution < -0.4 is 5.46 Å². The Morgan fingerprint density at radius 3 is 2.49 bits per heavy atom. The van der Waals surface area contributed by atoms with E-state index < -0.39 is 0 Å². The minimum absolute atomic E-state index is 0.368. The van der Waals surface area contributed by atoms with Gasteiger partial charge in [0.2, 0.25) is 5.89 Å². The van der Waals surface area contributed by atoms with E-state index in [1.807, 2.05) is 12.2 Å². The predicted molar refractivity (Wildman–Crippen MR) is 145 cm³/mol. The molecule has 4 nitrogen and oxygen atoms in total. The van der Waals surface area contributed by atoms with Crippen LogP contribution >= 0.6 is 11.3 Å². The van der Waals surface area contributed by atoms with E-state index >= 15 is 0 Å². The second-order valence-corrected chi connectivity index (χ2v) is 11.4. The summed E-state index contributed by atoms with van der Waals surface area (Å²) in [6, 6.07) is 17.0. The molecule has 5 aromatic rings. The lowest BCUT2D eigenvalue weighted by Crippen LogP contribution is -2.41. The van der Waals surface area contributed by atoms with Crippen molar-refractivity contribution in [3.63, 3.8) is 0 Å². The van der Waals surface area contributed by atoms with Crippen LogP contribution in [0.5, 0.6) is 0 Å². The Balaban J connectivity index is 1.31. The van der Waals surface area contributed by atoms with Gasteiger partial charge in [-0.1, -0.05) is 12.1 Å². The molecule has 0 bridgehead atoms. The standard InChI is InChI=1S/C29H23BNO3S/c1-28(2)29(3,4)34-30(33-28)20-11-12-25-21(14-20)22-15-24-23(16-26(22)35-25)31-27(32-24)19-10-9-17-7-5-6-8-18(17)13-19/h6-16H,1-4H3/q+1. The van der Waals surface area contributed by atoms with Crippen molar-refractivity contribution in [3.05, 3.63) is 71.8 Å². The van der Waals surface area contributed by atoms with Crippen LogP contribution in [0.15, 0.2) is 59.0 Å². The van der Waals surface area contributed by atoms with Crippen LogP contribution in [0.2, 0.25) is 0 Å². The fourth-order valence-electron chi connectivity index (χ4n) is 4.72. The maximum Gasteiger partial charge on any atom is 0.494 e. The van der Waals surface area contributed by atoms with Gasteiger partial charge in [0.1, 0.15) is 17.7 Å². The van der Waals surface area contributed by atoms with E-state index in [0.29, 0.717) is 5.89 Å². The molecule has 1 aliphatic heterocycles. The summed E-state index contributed by atoms with van der Waals surface area (Å²) in [5.74, 6) is 0.634. The smallest absolute Gasteiger partial charge is 0.436 e. The van der Waals surface area contributed by atoms with Crippen molar-refractivity contribution in [3.8, 4) is 11.5 Å². The Kier molecular flexibility index (Phi) is 4.28. The monoisotopic (exact) mass is 476 g/mol. The summed E-state index contributed by atoms with van der Waals surface area (Å²) < 4.78 is 21.2. The molecule has 3 heterocycles. The maximum absolute atomic E-state index is 6.29. The highest BCUT2D eigenvalue weighted by Crippen LogP contribution is 2.39. The van der Waals surface area contributed by atoms with Gasteiger partial charge >= 0.3 is 7.12 Å². The third-order valence-corrected chi connectivity index (χ3v) is 8.59. The molecule has 0 amide bonds. The van der Waals surface area contributed by atoms with Crippen molar-refractivity contribution < 1.29 is 13.7 Å². The van der Waals surface area contributed by atoms with Crippen molar-refractivity contribution in [1.29, 1.82) is 0 Å². The van der Waals surface area contributed by atoms with Gasteiger partial charge in [0.25, 0.3) is 0 Å². The van der Waals surface area contributed by atoms with Crippen LogP contribution in [0.3, 0.4) is 0 Å². The predicted octanol–water partition coefficient (Wildman–Crippen LogP) is 7.01. The molecule has 1 aliphatic carbocycles.